The van der Waals surface area contributed by atoms with E-state index in [0.717, 1.165) is 30.5 Å². The number of methoxy groups -OCH3 is 1. The molecule has 0 spiro atoms. The van der Waals surface area contributed by atoms with Crippen LogP contribution in [0.5, 0.6) is 0 Å². The van der Waals surface area contributed by atoms with E-state index in [1.165, 1.54) is 12.7 Å². The summed E-state index contributed by atoms with van der Waals surface area (Å²) in [5, 5.41) is 39.4. The van der Waals surface area contributed by atoms with Gasteiger partial charge in [-0.3, -0.25) is 9.59 Å². The maximum Gasteiger partial charge on any atom is 0.328 e. The summed E-state index contributed by atoms with van der Waals surface area (Å²) in [5.74, 6) is -1.32. The van der Waals surface area contributed by atoms with Crippen LogP contribution in [0.4, 0.5) is 0 Å². The lowest BCUT2D eigenvalue weighted by molar-refractivity contribution is -0.181. The largest absolute Gasteiger partial charge is 0.467 e. The molecule has 3 fully saturated rings. The van der Waals surface area contributed by atoms with Gasteiger partial charge in [0.05, 0.1) is 18.9 Å². The number of ether oxygens (including phenoxy) is 1. The minimum atomic E-state index is -1.61. The van der Waals surface area contributed by atoms with Crippen molar-refractivity contribution in [1.29, 1.82) is 0 Å². The van der Waals surface area contributed by atoms with E-state index in [-0.39, 0.29) is 29.8 Å². The maximum atomic E-state index is 12.6. The van der Waals surface area contributed by atoms with Crippen molar-refractivity contribution in [3.05, 3.63) is 47.5 Å². The summed E-state index contributed by atoms with van der Waals surface area (Å²) in [5.41, 5.74) is 0.181. The highest BCUT2D eigenvalue weighted by atomic mass is 16.6. The van der Waals surface area contributed by atoms with Gasteiger partial charge >= 0.3 is 5.97 Å². The van der Waals surface area contributed by atoms with E-state index in [4.69, 9.17) is 9.57 Å². The number of fused-ring (bicyclic) bond motifs is 5. The average molecular weight is 597 g/mol. The lowest BCUT2D eigenvalue weighted by Gasteiger charge is -2.60. The number of nitrogens with one attached hydrogen (secondary N) is 1. The van der Waals surface area contributed by atoms with Crippen molar-refractivity contribution in [2.45, 2.75) is 83.0 Å². The quantitative estimate of drug-likeness (QED) is 0.250. The molecule has 4 aliphatic rings. The van der Waals surface area contributed by atoms with Crippen LogP contribution in [0, 0.1) is 28.6 Å². The van der Waals surface area contributed by atoms with Crippen LogP contribution >= 0.6 is 0 Å². The predicted octanol–water partition coefficient (Wildman–Crippen LogP) is 2.49. The van der Waals surface area contributed by atoms with Gasteiger partial charge in [-0.05, 0) is 79.8 Å². The number of Topliss-reactive ketones (excluding diaryl/α,β-unsaturated/α-hetero) is 1. The Morgan fingerprint density at radius 1 is 1.12 bits per heavy atom. The smallest absolute Gasteiger partial charge is 0.328 e. The molecular formula is C33H44N2O8. The normalized spacial score (nSPS) is 36.4. The molecule has 1 aromatic rings. The molecule has 1 aromatic carbocycles. The van der Waals surface area contributed by atoms with Crippen LogP contribution in [0.25, 0.3) is 0 Å². The number of ketones is 1. The minimum absolute atomic E-state index is 0.00901. The Balaban J connectivity index is 1.23. The van der Waals surface area contributed by atoms with Crippen LogP contribution in [0.2, 0.25) is 0 Å². The first-order valence-corrected chi connectivity index (χ1v) is 15.3. The molecule has 4 N–H and O–H groups in total. The molecular weight excluding hydrogens is 552 g/mol. The number of esters is 1. The van der Waals surface area contributed by atoms with Crippen molar-refractivity contribution >= 4 is 23.4 Å². The van der Waals surface area contributed by atoms with Crippen LogP contribution < -0.4 is 5.32 Å². The van der Waals surface area contributed by atoms with E-state index in [1.54, 1.807) is 0 Å². The van der Waals surface area contributed by atoms with Crippen LogP contribution in [0.3, 0.4) is 0 Å². The van der Waals surface area contributed by atoms with Gasteiger partial charge in [0.1, 0.15) is 18.2 Å². The van der Waals surface area contributed by atoms with Gasteiger partial charge in [-0.15, -0.1) is 0 Å². The molecule has 0 saturated heterocycles. The average Bonchev–Trinajstić information content (AvgIpc) is 3.26. The Kier molecular flexibility index (Phi) is 8.84. The minimum Gasteiger partial charge on any atom is -0.467 e. The third kappa shape index (κ3) is 5.53. The number of aliphatic hydroxyl groups is 3. The highest BCUT2D eigenvalue weighted by Gasteiger charge is 2.68. The molecule has 234 valence electrons. The van der Waals surface area contributed by atoms with Gasteiger partial charge in [-0.1, -0.05) is 54.9 Å². The highest BCUT2D eigenvalue weighted by molar-refractivity contribution is 5.96. The number of hydrogen-bond acceptors (Lipinski definition) is 9. The Hall–Kier alpha value is -3.08. The van der Waals surface area contributed by atoms with Crippen molar-refractivity contribution in [1.82, 2.24) is 5.32 Å². The van der Waals surface area contributed by atoms with Crippen molar-refractivity contribution in [2.75, 3.05) is 20.3 Å². The molecule has 43 heavy (non-hydrogen) atoms. The fourth-order valence-corrected chi connectivity index (χ4v) is 8.96. The summed E-state index contributed by atoms with van der Waals surface area (Å²) in [4.78, 5) is 42.9. The fourth-order valence-electron chi connectivity index (χ4n) is 8.96. The first-order valence-electron chi connectivity index (χ1n) is 15.3. The van der Waals surface area contributed by atoms with Crippen LogP contribution in [-0.4, -0.2) is 76.8 Å². The van der Waals surface area contributed by atoms with Crippen molar-refractivity contribution in [3.8, 4) is 0 Å². The van der Waals surface area contributed by atoms with E-state index in [9.17, 15) is 29.7 Å². The van der Waals surface area contributed by atoms with Gasteiger partial charge in [0, 0.05) is 11.8 Å². The third-order valence-corrected chi connectivity index (χ3v) is 11.1. The Morgan fingerprint density at radius 3 is 2.56 bits per heavy atom. The summed E-state index contributed by atoms with van der Waals surface area (Å²) in [6, 6.07) is 8.51. The molecule has 1 amide bonds. The lowest BCUT2D eigenvalue weighted by atomic mass is 9.45. The summed E-state index contributed by atoms with van der Waals surface area (Å²) >= 11 is 0. The number of carbonyl (C=O) groups excluding carboxylic acids is 3. The summed E-state index contributed by atoms with van der Waals surface area (Å²) < 4.78 is 4.86. The number of aliphatic hydroxyl groups excluding tert-OH is 2. The molecule has 0 bridgehead atoms. The van der Waals surface area contributed by atoms with Gasteiger partial charge in [0.2, 0.25) is 0 Å². The predicted molar refractivity (Wildman–Crippen MR) is 158 cm³/mol. The van der Waals surface area contributed by atoms with Crippen molar-refractivity contribution in [2.24, 2.45) is 33.7 Å². The number of allylic oxidation sites excluding steroid dienone is 2. The van der Waals surface area contributed by atoms with E-state index in [1.807, 2.05) is 43.3 Å². The number of oxime groups is 1. The van der Waals surface area contributed by atoms with Crippen LogP contribution in [0.15, 0.2) is 47.1 Å². The molecule has 4 aliphatic carbocycles. The second kappa shape index (κ2) is 12.1. The Bertz CT molecular complexity index is 1300. The zero-order valence-electron chi connectivity index (χ0n) is 25.3. The van der Waals surface area contributed by atoms with Crippen LogP contribution in [0.1, 0.15) is 64.4 Å². The second-order valence-corrected chi connectivity index (χ2v) is 13.3. The first-order chi connectivity index (χ1) is 20.5. The lowest BCUT2D eigenvalue weighted by Crippen LogP contribution is -2.62. The Labute approximate surface area is 252 Å². The zero-order chi connectivity index (χ0) is 31.0. The molecule has 8 atom stereocenters. The van der Waals surface area contributed by atoms with Crippen LogP contribution in [-0.2, 0) is 30.4 Å². The molecule has 0 aliphatic heterocycles. The maximum absolute atomic E-state index is 12.6. The van der Waals surface area contributed by atoms with E-state index >= 15 is 0 Å². The van der Waals surface area contributed by atoms with Gasteiger partial charge in [0.25, 0.3) is 5.91 Å². The summed E-state index contributed by atoms with van der Waals surface area (Å²) in [6.07, 6.45) is 6.00. The summed E-state index contributed by atoms with van der Waals surface area (Å²) in [7, 11) is 1.28. The zero-order valence-corrected chi connectivity index (χ0v) is 25.3. The molecule has 0 radical (unpaired) electrons. The molecule has 0 heterocycles. The standard InChI is InChI=1S/C33H44N2O8/c1-31-13-11-22(35-43-19-28(39)34-25(30(40)42-3)15-20-7-5-4-6-8-20)16-21(31)9-10-23-24-12-14-33(41,27(38)18-36)32(24,2)17-26(37)29(23)31/h4-8,16,23-26,29,36-37,41H,9-15,17-19H2,1-3H3,(H,34,39)/b35-22+/t23-,24-,25+,26+,29+,31-,32-,33-/m0/s1. The first kappa shape index (κ1) is 31.3. The Morgan fingerprint density at radius 2 is 1.86 bits per heavy atom. The molecule has 10 heteroatoms. The fraction of sp³-hybridized carbons (Fsp3) is 0.636. The van der Waals surface area contributed by atoms with E-state index in [2.05, 4.69) is 17.4 Å². The van der Waals surface area contributed by atoms with E-state index < -0.39 is 47.4 Å². The molecule has 0 aromatic heterocycles. The number of rotatable bonds is 9. The molecule has 0 unspecified atom stereocenters. The number of amides is 1. The summed E-state index contributed by atoms with van der Waals surface area (Å²) in [6.45, 7) is 3.08. The van der Waals surface area contributed by atoms with Gasteiger partial charge in [-0.2, -0.15) is 0 Å². The second-order valence-electron chi connectivity index (χ2n) is 13.3. The monoisotopic (exact) mass is 596 g/mol. The third-order valence-electron chi connectivity index (χ3n) is 11.1. The van der Waals surface area contributed by atoms with Crippen molar-refractivity contribution in [3.63, 3.8) is 0 Å². The number of carbonyl (C=O) groups is 3. The topological polar surface area (TPSA) is 155 Å². The number of hydrogen-bond donors (Lipinski definition) is 4. The van der Waals surface area contributed by atoms with Crippen molar-refractivity contribution < 1.29 is 39.3 Å². The van der Waals surface area contributed by atoms with Gasteiger partial charge in [0.15, 0.2) is 12.4 Å². The van der Waals surface area contributed by atoms with Gasteiger partial charge in [-0.25, -0.2) is 4.79 Å². The highest BCUT2D eigenvalue weighted by Crippen LogP contribution is 2.67. The molecule has 10 nitrogen and oxygen atoms in total. The van der Waals surface area contributed by atoms with Gasteiger partial charge < -0.3 is 30.2 Å². The number of nitrogens with zero attached hydrogens (tertiary/aromatic N) is 1. The number of benzene rings is 1. The molecule has 3 saturated carbocycles. The SMILES string of the molecule is COC(=O)[C@@H](Cc1ccccc1)NC(=O)CO/N=C1/C=C2CC[C@@H]3[C@H]([C@H](O)C[C@@]4(C)[C@H]3CC[C@]4(O)C(=O)CO)[C@@]2(C)CC1. The molecule has 5 rings (SSSR count). The van der Waals surface area contributed by atoms with E-state index in [0.29, 0.717) is 32.1 Å².